The van der Waals surface area contributed by atoms with Crippen LogP contribution in [0.5, 0.6) is 0 Å². The normalized spacial score (nSPS) is 11.5. The second-order valence-corrected chi connectivity index (χ2v) is 4.32. The third-order valence-corrected chi connectivity index (χ3v) is 2.76. The van der Waals surface area contributed by atoms with E-state index >= 15 is 0 Å². The lowest BCUT2D eigenvalue weighted by Crippen LogP contribution is -2.38. The molecular weight excluding hydrogens is 262 g/mol. The minimum atomic E-state index is -1.07. The summed E-state index contributed by atoms with van der Waals surface area (Å²) in [6.45, 7) is 1.41. The Labute approximate surface area is 116 Å². The lowest BCUT2D eigenvalue weighted by molar-refractivity contribution is -0.141. The minimum Gasteiger partial charge on any atom is -0.480 e. The zero-order valence-electron chi connectivity index (χ0n) is 11.4. The first-order valence-electron chi connectivity index (χ1n) is 6.13. The molecule has 0 bridgehead atoms. The Morgan fingerprint density at radius 2 is 1.85 bits per heavy atom. The molecule has 0 saturated heterocycles. The quantitative estimate of drug-likeness (QED) is 0.758. The molecule has 0 aromatic heterocycles. The van der Waals surface area contributed by atoms with E-state index in [4.69, 9.17) is 5.11 Å². The van der Waals surface area contributed by atoms with Gasteiger partial charge in [0.1, 0.15) is 6.04 Å². The third kappa shape index (κ3) is 4.72. The number of benzene rings is 1. The van der Waals surface area contributed by atoms with E-state index in [1.54, 1.807) is 24.3 Å². The second kappa shape index (κ2) is 7.28. The molecule has 1 aromatic carbocycles. The Morgan fingerprint density at radius 1 is 1.25 bits per heavy atom. The first-order valence-corrected chi connectivity index (χ1v) is 6.13. The fourth-order valence-corrected chi connectivity index (χ4v) is 1.56. The van der Waals surface area contributed by atoms with Crippen LogP contribution < -0.4 is 5.32 Å². The van der Waals surface area contributed by atoms with E-state index in [9.17, 15) is 14.4 Å². The van der Waals surface area contributed by atoms with Crippen molar-refractivity contribution < 1.29 is 24.2 Å². The number of methoxy groups -OCH3 is 1. The number of hydrogen-bond acceptors (Lipinski definition) is 4. The van der Waals surface area contributed by atoms with Gasteiger partial charge in [0.2, 0.25) is 5.91 Å². The SMILES string of the molecule is COC(=O)c1ccc(CCC(=O)NC(C)C(=O)O)cc1. The Kier molecular flexibility index (Phi) is 5.71. The van der Waals surface area contributed by atoms with Crippen LogP contribution in [0.4, 0.5) is 0 Å². The summed E-state index contributed by atoms with van der Waals surface area (Å²) in [7, 11) is 1.31. The van der Waals surface area contributed by atoms with Gasteiger partial charge in [-0.1, -0.05) is 12.1 Å². The Morgan fingerprint density at radius 3 is 2.35 bits per heavy atom. The van der Waals surface area contributed by atoms with Crippen LogP contribution in [-0.4, -0.2) is 36.1 Å². The summed E-state index contributed by atoms with van der Waals surface area (Å²) in [5, 5.41) is 11.0. The van der Waals surface area contributed by atoms with Crippen molar-refractivity contribution in [1.82, 2.24) is 5.32 Å². The average molecular weight is 279 g/mol. The van der Waals surface area contributed by atoms with Crippen molar-refractivity contribution in [2.75, 3.05) is 7.11 Å². The van der Waals surface area contributed by atoms with Gasteiger partial charge in [0.15, 0.2) is 0 Å². The van der Waals surface area contributed by atoms with Gasteiger partial charge in [-0.05, 0) is 31.0 Å². The lowest BCUT2D eigenvalue weighted by Gasteiger charge is -2.09. The highest BCUT2D eigenvalue weighted by Crippen LogP contribution is 2.08. The summed E-state index contributed by atoms with van der Waals surface area (Å²) in [6.07, 6.45) is 0.662. The van der Waals surface area contributed by atoms with Crippen molar-refractivity contribution in [2.45, 2.75) is 25.8 Å². The smallest absolute Gasteiger partial charge is 0.337 e. The van der Waals surface area contributed by atoms with E-state index in [1.165, 1.54) is 14.0 Å². The number of esters is 1. The van der Waals surface area contributed by atoms with Crippen LogP contribution in [0.2, 0.25) is 0 Å². The number of carbonyl (C=O) groups is 3. The van der Waals surface area contributed by atoms with Gasteiger partial charge in [0.25, 0.3) is 0 Å². The molecule has 0 heterocycles. The van der Waals surface area contributed by atoms with Gasteiger partial charge in [-0.2, -0.15) is 0 Å². The van der Waals surface area contributed by atoms with E-state index in [0.717, 1.165) is 5.56 Å². The fourth-order valence-electron chi connectivity index (χ4n) is 1.56. The summed E-state index contributed by atoms with van der Waals surface area (Å²) in [4.78, 5) is 33.3. The zero-order chi connectivity index (χ0) is 15.1. The predicted octanol–water partition coefficient (Wildman–Crippen LogP) is 0.995. The van der Waals surface area contributed by atoms with E-state index in [0.29, 0.717) is 12.0 Å². The number of aryl methyl sites for hydroxylation is 1. The number of ether oxygens (including phenoxy) is 1. The topological polar surface area (TPSA) is 92.7 Å². The molecule has 6 heteroatoms. The highest BCUT2D eigenvalue weighted by Gasteiger charge is 2.13. The van der Waals surface area contributed by atoms with Crippen molar-refractivity contribution in [1.29, 1.82) is 0 Å². The van der Waals surface area contributed by atoms with Gasteiger partial charge in [0, 0.05) is 6.42 Å². The maximum Gasteiger partial charge on any atom is 0.337 e. The fraction of sp³-hybridized carbons (Fsp3) is 0.357. The number of rotatable bonds is 6. The van der Waals surface area contributed by atoms with Gasteiger partial charge in [-0.15, -0.1) is 0 Å². The number of carboxylic acid groups (broad SMARTS) is 1. The van der Waals surface area contributed by atoms with Crippen LogP contribution in [0.15, 0.2) is 24.3 Å². The largest absolute Gasteiger partial charge is 0.480 e. The Balaban J connectivity index is 2.48. The summed E-state index contributed by atoms with van der Waals surface area (Å²) in [5.74, 6) is -1.80. The average Bonchev–Trinajstić information content (AvgIpc) is 2.44. The molecule has 0 aliphatic heterocycles. The molecule has 0 aliphatic carbocycles. The standard InChI is InChI=1S/C14H17NO5/c1-9(13(17)18)15-12(16)8-5-10-3-6-11(7-4-10)14(19)20-2/h3-4,6-7,9H,5,8H2,1-2H3,(H,15,16)(H,17,18). The number of nitrogens with one attached hydrogen (secondary N) is 1. The molecule has 1 rings (SSSR count). The first-order chi connectivity index (χ1) is 9.43. The first kappa shape index (κ1) is 15.7. The molecule has 1 amide bonds. The summed E-state index contributed by atoms with van der Waals surface area (Å²) < 4.78 is 4.58. The predicted molar refractivity (Wildman–Crippen MR) is 71.3 cm³/mol. The zero-order valence-corrected chi connectivity index (χ0v) is 11.4. The monoisotopic (exact) mass is 279 g/mol. The van der Waals surface area contributed by atoms with Gasteiger partial charge in [-0.3, -0.25) is 9.59 Å². The van der Waals surface area contributed by atoms with E-state index in [1.807, 2.05) is 0 Å². The summed E-state index contributed by atoms with van der Waals surface area (Å²) in [6, 6.07) is 5.82. The third-order valence-electron chi connectivity index (χ3n) is 2.76. The molecule has 0 saturated carbocycles. The van der Waals surface area contributed by atoms with Crippen molar-refractivity contribution in [3.8, 4) is 0 Å². The van der Waals surface area contributed by atoms with Gasteiger partial charge in [0.05, 0.1) is 12.7 Å². The highest BCUT2D eigenvalue weighted by atomic mass is 16.5. The molecule has 1 atom stereocenters. The molecule has 1 unspecified atom stereocenters. The van der Waals surface area contributed by atoms with E-state index in [2.05, 4.69) is 10.1 Å². The number of carboxylic acids is 1. The second-order valence-electron chi connectivity index (χ2n) is 4.32. The van der Waals surface area contributed by atoms with E-state index < -0.39 is 18.0 Å². The molecule has 0 aliphatic rings. The van der Waals surface area contributed by atoms with Crippen LogP contribution >= 0.6 is 0 Å². The molecular formula is C14H17NO5. The van der Waals surface area contributed by atoms with Gasteiger partial charge in [-0.25, -0.2) is 4.79 Å². The van der Waals surface area contributed by atoms with Crippen molar-refractivity contribution in [2.24, 2.45) is 0 Å². The molecule has 0 spiro atoms. The van der Waals surface area contributed by atoms with Crippen LogP contribution in [0, 0.1) is 0 Å². The molecule has 0 radical (unpaired) electrons. The van der Waals surface area contributed by atoms with Crippen molar-refractivity contribution >= 4 is 17.8 Å². The number of aliphatic carboxylic acids is 1. The molecule has 0 fully saturated rings. The minimum absolute atomic E-state index is 0.190. The Hall–Kier alpha value is -2.37. The maximum atomic E-state index is 11.5. The molecule has 6 nitrogen and oxygen atoms in total. The molecule has 108 valence electrons. The van der Waals surface area contributed by atoms with Crippen LogP contribution in [0.3, 0.4) is 0 Å². The summed E-state index contributed by atoms with van der Waals surface area (Å²) in [5.41, 5.74) is 1.33. The van der Waals surface area contributed by atoms with Crippen LogP contribution in [-0.2, 0) is 20.7 Å². The highest BCUT2D eigenvalue weighted by molar-refractivity contribution is 5.89. The number of amides is 1. The van der Waals surface area contributed by atoms with Gasteiger partial charge >= 0.3 is 11.9 Å². The number of hydrogen-bond donors (Lipinski definition) is 2. The molecule has 20 heavy (non-hydrogen) atoms. The van der Waals surface area contributed by atoms with Crippen LogP contribution in [0.1, 0.15) is 29.3 Å². The number of carbonyl (C=O) groups excluding carboxylic acids is 2. The molecule has 1 aromatic rings. The van der Waals surface area contributed by atoms with Crippen molar-refractivity contribution in [3.05, 3.63) is 35.4 Å². The Bertz CT molecular complexity index is 495. The maximum absolute atomic E-state index is 11.5. The molecule has 2 N–H and O–H groups in total. The summed E-state index contributed by atoms with van der Waals surface area (Å²) >= 11 is 0. The van der Waals surface area contributed by atoms with Crippen molar-refractivity contribution in [3.63, 3.8) is 0 Å². The lowest BCUT2D eigenvalue weighted by atomic mass is 10.1. The van der Waals surface area contributed by atoms with Crippen LogP contribution in [0.25, 0.3) is 0 Å². The van der Waals surface area contributed by atoms with Gasteiger partial charge < -0.3 is 15.2 Å². The van der Waals surface area contributed by atoms with E-state index in [-0.39, 0.29) is 12.3 Å².